The van der Waals surface area contributed by atoms with Crippen LogP contribution >= 0.6 is 0 Å². The number of hydrogen-bond acceptors (Lipinski definition) is 4. The Balaban J connectivity index is 1.68. The summed E-state index contributed by atoms with van der Waals surface area (Å²) >= 11 is 0. The zero-order valence-corrected chi connectivity index (χ0v) is 15.9. The van der Waals surface area contributed by atoms with Crippen molar-refractivity contribution in [3.05, 3.63) is 76.8 Å². The number of furan rings is 1. The van der Waals surface area contributed by atoms with Gasteiger partial charge in [0.1, 0.15) is 23.4 Å². The summed E-state index contributed by atoms with van der Waals surface area (Å²) in [5.41, 5.74) is 4.95. The van der Waals surface area contributed by atoms with Crippen molar-refractivity contribution in [3.8, 4) is 17.4 Å². The molecule has 2 aromatic carbocycles. The molecule has 0 aliphatic carbocycles. The molecule has 0 saturated carbocycles. The monoisotopic (exact) mass is 383 g/mol. The van der Waals surface area contributed by atoms with Gasteiger partial charge in [-0.05, 0) is 61.4 Å². The van der Waals surface area contributed by atoms with Gasteiger partial charge in [0.15, 0.2) is 0 Å². The van der Waals surface area contributed by atoms with Crippen LogP contribution in [0, 0.1) is 25.2 Å². The molecule has 2 heterocycles. The van der Waals surface area contributed by atoms with Crippen LogP contribution in [-0.2, 0) is 0 Å². The first-order chi connectivity index (χ1) is 13.9. The second-order valence-electron chi connectivity index (χ2n) is 6.81. The zero-order chi connectivity index (χ0) is 20.5. The minimum Gasteiger partial charge on any atom is -0.478 e. The zero-order valence-electron chi connectivity index (χ0n) is 15.9. The van der Waals surface area contributed by atoms with Gasteiger partial charge in [0.05, 0.1) is 22.2 Å². The maximum atomic E-state index is 11.1. The first-order valence-electron chi connectivity index (χ1n) is 8.97. The Hall–Kier alpha value is -4.11. The Bertz CT molecular complexity index is 1320. The van der Waals surface area contributed by atoms with Crippen molar-refractivity contribution < 1.29 is 14.3 Å². The van der Waals surface area contributed by atoms with Gasteiger partial charge in [-0.15, -0.1) is 0 Å². The van der Waals surface area contributed by atoms with Crippen molar-refractivity contribution in [1.29, 1.82) is 5.26 Å². The lowest BCUT2D eigenvalue weighted by atomic mass is 10.0. The number of aromatic amines is 1. The molecule has 29 heavy (non-hydrogen) atoms. The number of H-pyrrole nitrogens is 1. The van der Waals surface area contributed by atoms with Gasteiger partial charge in [0.2, 0.25) is 0 Å². The van der Waals surface area contributed by atoms with Crippen LogP contribution in [0.1, 0.15) is 33.1 Å². The van der Waals surface area contributed by atoms with Crippen molar-refractivity contribution in [2.45, 2.75) is 13.8 Å². The molecule has 2 aromatic heterocycles. The number of nitrogens with zero attached hydrogens (tertiary/aromatic N) is 2. The van der Waals surface area contributed by atoms with E-state index in [1.165, 1.54) is 0 Å². The van der Waals surface area contributed by atoms with Crippen LogP contribution in [-0.4, -0.2) is 21.0 Å². The third kappa shape index (κ3) is 3.54. The van der Waals surface area contributed by atoms with Crippen molar-refractivity contribution in [3.63, 3.8) is 0 Å². The van der Waals surface area contributed by atoms with Crippen LogP contribution in [0.4, 0.5) is 0 Å². The molecule has 0 fully saturated rings. The normalized spacial score (nSPS) is 11.6. The van der Waals surface area contributed by atoms with Crippen molar-refractivity contribution in [2.24, 2.45) is 0 Å². The molecule has 6 nitrogen and oxygen atoms in total. The third-order valence-electron chi connectivity index (χ3n) is 4.67. The van der Waals surface area contributed by atoms with Crippen LogP contribution in [0.2, 0.25) is 0 Å². The van der Waals surface area contributed by atoms with Crippen molar-refractivity contribution >= 4 is 28.7 Å². The molecule has 0 radical (unpaired) electrons. The van der Waals surface area contributed by atoms with Gasteiger partial charge in [-0.25, -0.2) is 9.78 Å². The molecule has 0 unspecified atom stereocenters. The molecule has 0 aliphatic heterocycles. The summed E-state index contributed by atoms with van der Waals surface area (Å²) in [6, 6.07) is 16.5. The van der Waals surface area contributed by atoms with Gasteiger partial charge in [0.25, 0.3) is 0 Å². The first kappa shape index (κ1) is 18.3. The molecule has 2 N–H and O–H groups in total. The number of allylic oxidation sites excluding steroid dienone is 1. The molecule has 0 bridgehead atoms. The molecule has 0 aliphatic rings. The smallest absolute Gasteiger partial charge is 0.335 e. The standard InChI is InChI=1S/C23H17N3O3/c1-13-3-7-19-20(9-13)26-22(25-19)16(12-24)11-17-5-8-21(29-17)18-6-4-15(23(27)28)10-14(18)2/h3-11H,1-2H3,(H,25,26)(H,27,28)/b16-11-. The van der Waals surface area contributed by atoms with Crippen LogP contribution in [0.25, 0.3) is 34.0 Å². The van der Waals surface area contributed by atoms with E-state index in [9.17, 15) is 10.1 Å². The number of carbonyl (C=O) groups is 1. The molecule has 0 saturated heterocycles. The first-order valence-corrected chi connectivity index (χ1v) is 8.97. The molecule has 4 aromatic rings. The predicted molar refractivity (Wildman–Crippen MR) is 110 cm³/mol. The van der Waals surface area contributed by atoms with E-state index in [1.54, 1.807) is 36.4 Å². The summed E-state index contributed by atoms with van der Waals surface area (Å²) in [6.07, 6.45) is 1.63. The average molecular weight is 383 g/mol. The van der Waals surface area contributed by atoms with Gasteiger partial charge in [-0.1, -0.05) is 12.1 Å². The fourth-order valence-electron chi connectivity index (χ4n) is 3.20. The highest BCUT2D eigenvalue weighted by atomic mass is 16.4. The lowest BCUT2D eigenvalue weighted by Gasteiger charge is -2.04. The van der Waals surface area contributed by atoms with E-state index >= 15 is 0 Å². The number of fused-ring (bicyclic) bond motifs is 1. The van der Waals surface area contributed by atoms with Crippen molar-refractivity contribution in [1.82, 2.24) is 9.97 Å². The molecular weight excluding hydrogens is 366 g/mol. The number of nitrogens with one attached hydrogen (secondary N) is 1. The summed E-state index contributed by atoms with van der Waals surface area (Å²) < 4.78 is 5.88. The van der Waals surface area contributed by atoms with E-state index in [0.717, 1.165) is 27.7 Å². The average Bonchev–Trinajstić information content (AvgIpc) is 3.32. The fraction of sp³-hybridized carbons (Fsp3) is 0.0870. The Labute approximate surface area is 166 Å². The van der Waals surface area contributed by atoms with Gasteiger partial charge < -0.3 is 14.5 Å². The molecule has 0 atom stereocenters. The van der Waals surface area contributed by atoms with Gasteiger partial charge in [-0.2, -0.15) is 5.26 Å². The SMILES string of the molecule is Cc1ccc2nc(/C(C#N)=C\c3ccc(-c4ccc(C(=O)O)cc4C)o3)[nH]c2c1. The lowest BCUT2D eigenvalue weighted by molar-refractivity contribution is 0.0697. The van der Waals surface area contributed by atoms with E-state index in [4.69, 9.17) is 9.52 Å². The molecule has 0 spiro atoms. The summed E-state index contributed by atoms with van der Waals surface area (Å²) in [4.78, 5) is 18.8. The number of aromatic carboxylic acids is 1. The van der Waals surface area contributed by atoms with E-state index in [-0.39, 0.29) is 5.56 Å². The number of rotatable bonds is 4. The summed E-state index contributed by atoms with van der Waals surface area (Å²) in [5, 5.41) is 18.7. The Morgan fingerprint density at radius 1 is 1.17 bits per heavy atom. The van der Waals surface area contributed by atoms with E-state index in [2.05, 4.69) is 16.0 Å². The summed E-state index contributed by atoms with van der Waals surface area (Å²) in [5.74, 6) is 0.619. The Morgan fingerprint density at radius 3 is 2.72 bits per heavy atom. The number of aromatic nitrogens is 2. The summed E-state index contributed by atoms with van der Waals surface area (Å²) in [6.45, 7) is 3.83. The van der Waals surface area contributed by atoms with Gasteiger partial charge >= 0.3 is 5.97 Å². The largest absolute Gasteiger partial charge is 0.478 e. The van der Waals surface area contributed by atoms with Crippen LogP contribution < -0.4 is 0 Å². The number of imidazole rings is 1. The fourth-order valence-corrected chi connectivity index (χ4v) is 3.20. The van der Waals surface area contributed by atoms with Gasteiger partial charge in [0, 0.05) is 11.6 Å². The predicted octanol–water partition coefficient (Wildman–Crippen LogP) is 5.20. The second kappa shape index (κ2) is 7.13. The second-order valence-corrected chi connectivity index (χ2v) is 6.81. The van der Waals surface area contributed by atoms with Crippen molar-refractivity contribution in [2.75, 3.05) is 0 Å². The minimum atomic E-state index is -0.970. The molecule has 4 rings (SSSR count). The maximum absolute atomic E-state index is 11.1. The number of benzene rings is 2. The Kier molecular flexibility index (Phi) is 4.49. The molecule has 142 valence electrons. The Morgan fingerprint density at radius 2 is 2.00 bits per heavy atom. The highest BCUT2D eigenvalue weighted by molar-refractivity contribution is 5.90. The molecule has 6 heteroatoms. The topological polar surface area (TPSA) is 103 Å². The number of carboxylic acid groups (broad SMARTS) is 1. The van der Waals surface area contributed by atoms with Gasteiger partial charge in [-0.3, -0.25) is 0 Å². The summed E-state index contributed by atoms with van der Waals surface area (Å²) in [7, 11) is 0. The lowest BCUT2D eigenvalue weighted by Crippen LogP contribution is -1.96. The van der Waals surface area contributed by atoms with E-state index in [0.29, 0.717) is 22.9 Å². The minimum absolute atomic E-state index is 0.227. The van der Waals surface area contributed by atoms with Crippen LogP contribution in [0.15, 0.2) is 52.9 Å². The van der Waals surface area contributed by atoms with Crippen LogP contribution in [0.5, 0.6) is 0 Å². The quantitative estimate of drug-likeness (QED) is 0.471. The van der Waals surface area contributed by atoms with E-state index < -0.39 is 5.97 Å². The number of nitriles is 1. The highest BCUT2D eigenvalue weighted by Gasteiger charge is 2.12. The maximum Gasteiger partial charge on any atom is 0.335 e. The molecule has 0 amide bonds. The third-order valence-corrected chi connectivity index (χ3v) is 4.67. The molecular formula is C23H17N3O3. The van der Waals surface area contributed by atoms with Crippen LogP contribution in [0.3, 0.4) is 0 Å². The van der Waals surface area contributed by atoms with E-state index in [1.807, 2.05) is 32.0 Å². The number of carboxylic acids is 1. The highest BCUT2D eigenvalue weighted by Crippen LogP contribution is 2.28. The number of aryl methyl sites for hydroxylation is 2. The number of hydrogen-bond donors (Lipinski definition) is 2.